The van der Waals surface area contributed by atoms with E-state index in [9.17, 15) is 4.79 Å². The number of anilines is 2. The Bertz CT molecular complexity index is 760. The van der Waals surface area contributed by atoms with Gasteiger partial charge in [-0.3, -0.25) is 9.69 Å². The average Bonchev–Trinajstić information content (AvgIpc) is 2.69. The molecule has 0 spiro atoms. The van der Waals surface area contributed by atoms with Gasteiger partial charge < -0.3 is 15.4 Å². The van der Waals surface area contributed by atoms with Crippen LogP contribution >= 0.6 is 0 Å². The summed E-state index contributed by atoms with van der Waals surface area (Å²) in [5.41, 5.74) is 2.50. The molecule has 0 atom stereocenters. The lowest BCUT2D eigenvalue weighted by Gasteiger charge is -2.26. The van der Waals surface area contributed by atoms with Gasteiger partial charge in [0.15, 0.2) is 0 Å². The molecular weight excluding hydrogens is 342 g/mol. The van der Waals surface area contributed by atoms with E-state index in [0.717, 1.165) is 38.5 Å². The number of hydrogen-bond acceptors (Lipinski definition) is 6. The number of rotatable bonds is 7. The van der Waals surface area contributed by atoms with Crippen LogP contribution in [0.2, 0.25) is 0 Å². The minimum atomic E-state index is -0.189. The van der Waals surface area contributed by atoms with Gasteiger partial charge in [0.05, 0.1) is 13.2 Å². The third kappa shape index (κ3) is 5.48. The average molecular weight is 369 g/mol. The standard InChI is InChI=1S/C20H27N5O2/c1-15(2)16-5-3-4-6-17(16)23-20-22-8-7-18(24-20)19(26)21-9-10-25-11-13-27-14-12-25/h3-8,15H,9-14H2,1-2H3,(H,21,26)(H,22,23,24). The van der Waals surface area contributed by atoms with Crippen LogP contribution in [0.1, 0.15) is 35.8 Å². The van der Waals surface area contributed by atoms with Crippen molar-refractivity contribution in [1.29, 1.82) is 0 Å². The van der Waals surface area contributed by atoms with Crippen LogP contribution in [0.4, 0.5) is 11.6 Å². The number of carbonyl (C=O) groups is 1. The van der Waals surface area contributed by atoms with Crippen molar-refractivity contribution in [1.82, 2.24) is 20.2 Å². The van der Waals surface area contributed by atoms with Gasteiger partial charge in [0.25, 0.3) is 5.91 Å². The van der Waals surface area contributed by atoms with Crippen LogP contribution in [0.3, 0.4) is 0 Å². The number of amides is 1. The lowest BCUT2D eigenvalue weighted by molar-refractivity contribution is 0.0383. The van der Waals surface area contributed by atoms with E-state index in [1.54, 1.807) is 12.3 Å². The monoisotopic (exact) mass is 369 g/mol. The summed E-state index contributed by atoms with van der Waals surface area (Å²) in [7, 11) is 0. The molecule has 144 valence electrons. The molecule has 2 aromatic rings. The molecule has 0 saturated carbocycles. The van der Waals surface area contributed by atoms with Crippen molar-refractivity contribution in [2.24, 2.45) is 0 Å². The maximum absolute atomic E-state index is 12.4. The van der Waals surface area contributed by atoms with Crippen LogP contribution in [0.15, 0.2) is 36.5 Å². The normalized spacial score (nSPS) is 14.9. The molecule has 0 unspecified atom stereocenters. The summed E-state index contributed by atoms with van der Waals surface area (Å²) in [4.78, 5) is 23.3. The van der Waals surface area contributed by atoms with Gasteiger partial charge in [-0.15, -0.1) is 0 Å². The van der Waals surface area contributed by atoms with Gasteiger partial charge in [0.2, 0.25) is 5.95 Å². The molecule has 0 aliphatic carbocycles. The Balaban J connectivity index is 1.59. The molecule has 7 heteroatoms. The third-order valence-electron chi connectivity index (χ3n) is 4.53. The number of nitrogens with zero attached hydrogens (tertiary/aromatic N) is 3. The largest absolute Gasteiger partial charge is 0.379 e. The molecule has 1 aromatic heterocycles. The van der Waals surface area contributed by atoms with Crippen LogP contribution in [0.5, 0.6) is 0 Å². The predicted octanol–water partition coefficient (Wildman–Crippen LogP) is 2.41. The second-order valence-electron chi connectivity index (χ2n) is 6.84. The van der Waals surface area contributed by atoms with Crippen molar-refractivity contribution in [3.05, 3.63) is 47.8 Å². The predicted molar refractivity (Wildman–Crippen MR) is 105 cm³/mol. The summed E-state index contributed by atoms with van der Waals surface area (Å²) >= 11 is 0. The highest BCUT2D eigenvalue weighted by atomic mass is 16.5. The lowest BCUT2D eigenvalue weighted by atomic mass is 10.0. The Morgan fingerprint density at radius 2 is 2.00 bits per heavy atom. The van der Waals surface area contributed by atoms with E-state index in [1.807, 2.05) is 18.2 Å². The summed E-state index contributed by atoms with van der Waals surface area (Å²) in [6, 6.07) is 9.68. The molecule has 0 radical (unpaired) electrons. The first-order valence-corrected chi connectivity index (χ1v) is 9.41. The van der Waals surface area contributed by atoms with Gasteiger partial charge >= 0.3 is 0 Å². The topological polar surface area (TPSA) is 79.4 Å². The van der Waals surface area contributed by atoms with Gasteiger partial charge in [0.1, 0.15) is 5.69 Å². The SMILES string of the molecule is CC(C)c1ccccc1Nc1nccc(C(=O)NCCN2CCOCC2)n1. The fraction of sp³-hybridized carbons (Fsp3) is 0.450. The van der Waals surface area contributed by atoms with E-state index in [4.69, 9.17) is 4.74 Å². The Morgan fingerprint density at radius 3 is 2.78 bits per heavy atom. The Labute approximate surface area is 160 Å². The van der Waals surface area contributed by atoms with Crippen molar-refractivity contribution in [2.75, 3.05) is 44.7 Å². The number of nitrogens with one attached hydrogen (secondary N) is 2. The summed E-state index contributed by atoms with van der Waals surface area (Å²) in [6.07, 6.45) is 1.60. The number of carbonyl (C=O) groups excluding carboxylic acids is 1. The zero-order valence-electron chi connectivity index (χ0n) is 15.9. The summed E-state index contributed by atoms with van der Waals surface area (Å²) < 4.78 is 5.33. The number of ether oxygens (including phenoxy) is 1. The Hall–Kier alpha value is -2.51. The molecule has 1 aliphatic heterocycles. The second-order valence-corrected chi connectivity index (χ2v) is 6.84. The number of morpholine rings is 1. The quantitative estimate of drug-likeness (QED) is 0.780. The molecule has 3 rings (SSSR count). The smallest absolute Gasteiger partial charge is 0.270 e. The number of hydrogen-bond donors (Lipinski definition) is 2. The van der Waals surface area contributed by atoms with E-state index in [1.165, 1.54) is 5.56 Å². The van der Waals surface area contributed by atoms with Crippen molar-refractivity contribution in [2.45, 2.75) is 19.8 Å². The van der Waals surface area contributed by atoms with E-state index < -0.39 is 0 Å². The summed E-state index contributed by atoms with van der Waals surface area (Å²) in [5, 5.41) is 6.16. The molecule has 1 amide bonds. The highest BCUT2D eigenvalue weighted by Gasteiger charge is 2.13. The van der Waals surface area contributed by atoms with Gasteiger partial charge in [-0.25, -0.2) is 9.97 Å². The molecule has 1 aliphatic rings. The van der Waals surface area contributed by atoms with Crippen LogP contribution in [-0.4, -0.2) is 60.2 Å². The van der Waals surface area contributed by atoms with Crippen LogP contribution < -0.4 is 10.6 Å². The van der Waals surface area contributed by atoms with E-state index >= 15 is 0 Å². The fourth-order valence-electron chi connectivity index (χ4n) is 3.02. The maximum Gasteiger partial charge on any atom is 0.270 e. The molecule has 7 nitrogen and oxygen atoms in total. The number of aromatic nitrogens is 2. The maximum atomic E-state index is 12.4. The molecule has 1 saturated heterocycles. The molecule has 27 heavy (non-hydrogen) atoms. The van der Waals surface area contributed by atoms with E-state index in [0.29, 0.717) is 24.1 Å². The molecule has 0 bridgehead atoms. The highest BCUT2D eigenvalue weighted by molar-refractivity contribution is 5.92. The summed E-state index contributed by atoms with van der Waals surface area (Å²) in [5.74, 6) is 0.607. The lowest BCUT2D eigenvalue weighted by Crippen LogP contribution is -2.41. The van der Waals surface area contributed by atoms with E-state index in [2.05, 4.69) is 45.4 Å². The van der Waals surface area contributed by atoms with Crippen LogP contribution in [0.25, 0.3) is 0 Å². The number of benzene rings is 1. The minimum absolute atomic E-state index is 0.189. The molecule has 1 aromatic carbocycles. The Morgan fingerprint density at radius 1 is 1.22 bits per heavy atom. The van der Waals surface area contributed by atoms with Gasteiger partial charge in [-0.05, 0) is 23.6 Å². The van der Waals surface area contributed by atoms with Crippen LogP contribution in [0, 0.1) is 0 Å². The van der Waals surface area contributed by atoms with Crippen molar-refractivity contribution >= 4 is 17.5 Å². The molecule has 2 N–H and O–H groups in total. The zero-order valence-corrected chi connectivity index (χ0v) is 15.9. The first-order chi connectivity index (χ1) is 13.1. The van der Waals surface area contributed by atoms with Gasteiger partial charge in [0, 0.05) is 38.1 Å². The molecule has 1 fully saturated rings. The Kier molecular flexibility index (Phi) is 6.73. The first-order valence-electron chi connectivity index (χ1n) is 9.41. The van der Waals surface area contributed by atoms with Crippen molar-refractivity contribution < 1.29 is 9.53 Å². The van der Waals surface area contributed by atoms with Crippen molar-refractivity contribution in [3.63, 3.8) is 0 Å². The van der Waals surface area contributed by atoms with Crippen molar-refractivity contribution in [3.8, 4) is 0 Å². The minimum Gasteiger partial charge on any atom is -0.379 e. The third-order valence-corrected chi connectivity index (χ3v) is 4.53. The van der Waals surface area contributed by atoms with Crippen LogP contribution in [-0.2, 0) is 4.74 Å². The van der Waals surface area contributed by atoms with Gasteiger partial charge in [-0.2, -0.15) is 0 Å². The second kappa shape index (κ2) is 9.43. The highest BCUT2D eigenvalue weighted by Crippen LogP contribution is 2.25. The summed E-state index contributed by atoms with van der Waals surface area (Å²) in [6.45, 7) is 9.01. The fourth-order valence-corrected chi connectivity index (χ4v) is 3.02. The molecular formula is C20H27N5O2. The first kappa shape index (κ1) is 19.3. The number of para-hydroxylation sites is 1. The molecule has 2 heterocycles. The zero-order chi connectivity index (χ0) is 19.1. The van der Waals surface area contributed by atoms with E-state index in [-0.39, 0.29) is 5.91 Å². The van der Waals surface area contributed by atoms with Gasteiger partial charge in [-0.1, -0.05) is 32.0 Å².